The van der Waals surface area contributed by atoms with Gasteiger partial charge < -0.3 is 19.5 Å². The summed E-state index contributed by atoms with van der Waals surface area (Å²) in [5.41, 5.74) is 2.93. The predicted octanol–water partition coefficient (Wildman–Crippen LogP) is 3.46. The van der Waals surface area contributed by atoms with Crippen molar-refractivity contribution in [3.63, 3.8) is 0 Å². The van der Waals surface area contributed by atoms with Crippen molar-refractivity contribution < 1.29 is 23.8 Å². The quantitative estimate of drug-likeness (QED) is 0.395. The Morgan fingerprint density at radius 3 is 2.42 bits per heavy atom. The molecule has 10 heteroatoms. The van der Waals surface area contributed by atoms with Crippen molar-refractivity contribution in [1.82, 2.24) is 10.7 Å². The number of rotatable bonds is 8. The summed E-state index contributed by atoms with van der Waals surface area (Å²) in [6.45, 7) is -0.260. The number of carbonyl (C=O) groups is 2. The van der Waals surface area contributed by atoms with Crippen molar-refractivity contribution in [2.75, 3.05) is 27.9 Å². The van der Waals surface area contributed by atoms with Crippen LogP contribution in [0.3, 0.4) is 0 Å². The molecule has 1 heterocycles. The van der Waals surface area contributed by atoms with E-state index < -0.39 is 11.8 Å². The molecule has 2 amide bonds. The van der Waals surface area contributed by atoms with Crippen LogP contribution < -0.4 is 25.0 Å². The fourth-order valence-corrected chi connectivity index (χ4v) is 4.20. The summed E-state index contributed by atoms with van der Waals surface area (Å²) in [5.74, 6) is 0.559. The van der Waals surface area contributed by atoms with Crippen LogP contribution in [-0.2, 0) is 4.79 Å². The Balaban J connectivity index is 1.60. The zero-order valence-corrected chi connectivity index (χ0v) is 18.6. The van der Waals surface area contributed by atoms with Gasteiger partial charge in [0.05, 0.1) is 39.1 Å². The Hall–Kier alpha value is -3.30. The van der Waals surface area contributed by atoms with E-state index in [1.54, 1.807) is 12.1 Å². The summed E-state index contributed by atoms with van der Waals surface area (Å²) in [7, 11) is 4.54. The number of thiophene rings is 1. The molecule has 2 N–H and O–H groups in total. The van der Waals surface area contributed by atoms with E-state index in [0.717, 1.165) is 10.1 Å². The summed E-state index contributed by atoms with van der Waals surface area (Å²) in [6.07, 6.45) is 1.41. The second kappa shape index (κ2) is 10.1. The number of amides is 2. The van der Waals surface area contributed by atoms with Crippen molar-refractivity contribution >= 4 is 51.1 Å². The maximum absolute atomic E-state index is 12.4. The van der Waals surface area contributed by atoms with E-state index >= 15 is 0 Å². The molecule has 0 atom stereocenters. The summed E-state index contributed by atoms with van der Waals surface area (Å²) in [4.78, 5) is 24.8. The average molecular weight is 462 g/mol. The number of methoxy groups -OCH3 is 3. The van der Waals surface area contributed by atoms with Gasteiger partial charge in [0.25, 0.3) is 11.8 Å². The molecule has 0 spiro atoms. The SMILES string of the molecule is COc1cc(OC)c(OC)cc1C=NNC(=O)CNC(=O)c1sc2ccccc2c1Cl. The molecular formula is C21H20ClN3O5S. The topological polar surface area (TPSA) is 98.2 Å². The summed E-state index contributed by atoms with van der Waals surface area (Å²) >= 11 is 7.56. The molecule has 31 heavy (non-hydrogen) atoms. The number of hydrogen-bond acceptors (Lipinski definition) is 7. The number of benzene rings is 2. The highest BCUT2D eigenvalue weighted by Gasteiger charge is 2.17. The summed E-state index contributed by atoms with van der Waals surface area (Å²) in [6, 6.07) is 10.8. The van der Waals surface area contributed by atoms with Crippen LogP contribution in [0.5, 0.6) is 17.2 Å². The molecule has 0 radical (unpaired) electrons. The van der Waals surface area contributed by atoms with Gasteiger partial charge in [-0.05, 0) is 12.1 Å². The third-order valence-corrected chi connectivity index (χ3v) is 5.95. The highest BCUT2D eigenvalue weighted by molar-refractivity contribution is 7.21. The second-order valence-corrected chi connectivity index (χ2v) is 7.60. The standard InChI is InChI=1S/C21H20ClN3O5S/c1-28-14-9-16(30-3)15(29-2)8-12(14)10-24-25-18(26)11-23-21(27)20-19(22)13-6-4-5-7-17(13)31-20/h4-10H,11H2,1-3H3,(H,23,27)(H,25,26). The Labute approximate surface area is 187 Å². The van der Waals surface area contributed by atoms with Gasteiger partial charge in [-0.25, -0.2) is 5.43 Å². The monoisotopic (exact) mass is 461 g/mol. The lowest BCUT2D eigenvalue weighted by atomic mass is 10.2. The Kier molecular flexibility index (Phi) is 7.32. The molecule has 0 saturated carbocycles. The molecule has 3 rings (SSSR count). The first kappa shape index (κ1) is 22.4. The molecule has 1 aromatic heterocycles. The predicted molar refractivity (Wildman–Crippen MR) is 121 cm³/mol. The zero-order valence-electron chi connectivity index (χ0n) is 17.0. The zero-order chi connectivity index (χ0) is 22.4. The molecule has 3 aromatic rings. The molecule has 0 unspecified atom stereocenters. The highest BCUT2D eigenvalue weighted by atomic mass is 35.5. The summed E-state index contributed by atoms with van der Waals surface area (Å²) in [5, 5.41) is 7.63. The molecule has 0 bridgehead atoms. The smallest absolute Gasteiger partial charge is 0.263 e. The minimum absolute atomic E-state index is 0.260. The molecule has 0 aliphatic heterocycles. The van der Waals surface area contributed by atoms with Crippen LogP contribution in [-0.4, -0.2) is 45.9 Å². The van der Waals surface area contributed by atoms with E-state index in [4.69, 9.17) is 25.8 Å². The van der Waals surface area contributed by atoms with Gasteiger partial charge in [-0.3, -0.25) is 9.59 Å². The number of carbonyl (C=O) groups excluding carboxylic acids is 2. The van der Waals surface area contributed by atoms with Gasteiger partial charge in [0.1, 0.15) is 10.6 Å². The largest absolute Gasteiger partial charge is 0.496 e. The first-order valence-corrected chi connectivity index (χ1v) is 10.2. The Morgan fingerprint density at radius 2 is 1.74 bits per heavy atom. The van der Waals surface area contributed by atoms with Crippen LogP contribution in [0, 0.1) is 0 Å². The number of nitrogens with zero attached hydrogens (tertiary/aromatic N) is 1. The van der Waals surface area contributed by atoms with Gasteiger partial charge in [-0.1, -0.05) is 29.8 Å². The fourth-order valence-electron chi connectivity index (χ4n) is 2.77. The van der Waals surface area contributed by atoms with Crippen LogP contribution in [0.4, 0.5) is 0 Å². The Bertz CT molecular complexity index is 1150. The van der Waals surface area contributed by atoms with Gasteiger partial charge in [0.2, 0.25) is 0 Å². The number of nitrogens with one attached hydrogen (secondary N) is 2. The van der Waals surface area contributed by atoms with Crippen LogP contribution >= 0.6 is 22.9 Å². The van der Waals surface area contributed by atoms with E-state index in [-0.39, 0.29) is 6.54 Å². The molecule has 162 valence electrons. The number of ether oxygens (including phenoxy) is 3. The lowest BCUT2D eigenvalue weighted by molar-refractivity contribution is -0.120. The maximum Gasteiger partial charge on any atom is 0.263 e. The lowest BCUT2D eigenvalue weighted by Gasteiger charge is -2.11. The average Bonchev–Trinajstić information content (AvgIpc) is 3.13. The molecule has 0 aliphatic rings. The fraction of sp³-hybridized carbons (Fsp3) is 0.190. The normalized spacial score (nSPS) is 10.8. The first-order chi connectivity index (χ1) is 15.0. The van der Waals surface area contributed by atoms with Gasteiger partial charge in [-0.15, -0.1) is 11.3 Å². The van der Waals surface area contributed by atoms with Crippen molar-refractivity contribution in [1.29, 1.82) is 0 Å². The second-order valence-electron chi connectivity index (χ2n) is 6.17. The third-order valence-electron chi connectivity index (χ3n) is 4.28. The van der Waals surface area contributed by atoms with E-state index in [9.17, 15) is 9.59 Å². The van der Waals surface area contributed by atoms with Crippen molar-refractivity contribution in [2.45, 2.75) is 0 Å². The molecule has 0 saturated heterocycles. The van der Waals surface area contributed by atoms with Crippen LogP contribution in [0.1, 0.15) is 15.2 Å². The lowest BCUT2D eigenvalue weighted by Crippen LogP contribution is -2.34. The molecule has 8 nitrogen and oxygen atoms in total. The maximum atomic E-state index is 12.4. The van der Waals surface area contributed by atoms with E-state index in [1.165, 1.54) is 38.9 Å². The number of halogens is 1. The van der Waals surface area contributed by atoms with Gasteiger partial charge in [0.15, 0.2) is 11.5 Å². The van der Waals surface area contributed by atoms with Crippen LogP contribution in [0.25, 0.3) is 10.1 Å². The first-order valence-electron chi connectivity index (χ1n) is 9.05. The number of hydrogen-bond donors (Lipinski definition) is 2. The van der Waals surface area contributed by atoms with Crippen molar-refractivity contribution in [3.8, 4) is 17.2 Å². The number of hydrazone groups is 1. The minimum Gasteiger partial charge on any atom is -0.496 e. The molecule has 2 aromatic carbocycles. The molecular weight excluding hydrogens is 442 g/mol. The highest BCUT2D eigenvalue weighted by Crippen LogP contribution is 2.35. The van der Waals surface area contributed by atoms with E-state index in [0.29, 0.717) is 32.7 Å². The van der Waals surface area contributed by atoms with Gasteiger partial charge in [-0.2, -0.15) is 5.10 Å². The van der Waals surface area contributed by atoms with E-state index in [2.05, 4.69) is 15.8 Å². The van der Waals surface area contributed by atoms with Gasteiger partial charge in [0, 0.05) is 21.7 Å². The minimum atomic E-state index is -0.499. The van der Waals surface area contributed by atoms with E-state index in [1.807, 2.05) is 24.3 Å². The number of fused-ring (bicyclic) bond motifs is 1. The van der Waals surface area contributed by atoms with Crippen LogP contribution in [0.15, 0.2) is 41.5 Å². The van der Waals surface area contributed by atoms with Crippen molar-refractivity contribution in [2.24, 2.45) is 5.10 Å². The van der Waals surface area contributed by atoms with Gasteiger partial charge >= 0.3 is 0 Å². The Morgan fingerprint density at radius 1 is 1.06 bits per heavy atom. The summed E-state index contributed by atoms with van der Waals surface area (Å²) < 4.78 is 16.7. The third kappa shape index (κ3) is 5.07. The molecule has 0 aliphatic carbocycles. The van der Waals surface area contributed by atoms with Crippen molar-refractivity contribution in [3.05, 3.63) is 51.9 Å². The molecule has 0 fully saturated rings. The van der Waals surface area contributed by atoms with Crippen LogP contribution in [0.2, 0.25) is 5.02 Å².